The minimum Gasteiger partial charge on any atom is -0.457 e. The average molecular weight is 341 g/mol. The molecule has 2 aromatic carbocycles. The van der Waals surface area contributed by atoms with Crippen molar-refractivity contribution in [2.75, 3.05) is 6.61 Å². The Kier molecular flexibility index (Phi) is 7.01. The predicted molar refractivity (Wildman–Crippen MR) is 95.8 cm³/mol. The van der Waals surface area contributed by atoms with Crippen LogP contribution < -0.4 is 10.1 Å². The van der Waals surface area contributed by atoms with E-state index in [-0.39, 0.29) is 18.6 Å². The van der Waals surface area contributed by atoms with Crippen LogP contribution in [-0.4, -0.2) is 24.5 Å². The number of hydrogen-bond acceptors (Lipinski definition) is 4. The van der Waals surface area contributed by atoms with E-state index >= 15 is 0 Å². The molecule has 5 nitrogen and oxygen atoms in total. The van der Waals surface area contributed by atoms with Gasteiger partial charge in [-0.15, -0.1) is 0 Å². The Morgan fingerprint density at radius 1 is 1.00 bits per heavy atom. The van der Waals surface area contributed by atoms with Crippen molar-refractivity contribution in [2.24, 2.45) is 0 Å². The van der Waals surface area contributed by atoms with Crippen LogP contribution >= 0.6 is 0 Å². The Morgan fingerprint density at radius 2 is 1.64 bits per heavy atom. The number of carbonyl (C=O) groups excluding carboxylic acids is 2. The van der Waals surface area contributed by atoms with Gasteiger partial charge in [0.1, 0.15) is 11.5 Å². The molecule has 0 bridgehead atoms. The van der Waals surface area contributed by atoms with Crippen LogP contribution in [0.1, 0.15) is 37.0 Å². The second-order valence-electron chi connectivity index (χ2n) is 5.77. The van der Waals surface area contributed by atoms with Crippen LogP contribution in [0.5, 0.6) is 11.5 Å². The maximum Gasteiger partial charge on any atom is 0.338 e. The first kappa shape index (κ1) is 18.5. The topological polar surface area (TPSA) is 64.6 Å². The number of ether oxygens (including phenoxy) is 2. The molecule has 0 spiro atoms. The van der Waals surface area contributed by atoms with Crippen molar-refractivity contribution >= 4 is 11.9 Å². The van der Waals surface area contributed by atoms with Crippen LogP contribution in [-0.2, 0) is 9.53 Å². The summed E-state index contributed by atoms with van der Waals surface area (Å²) < 4.78 is 10.7. The molecule has 1 amide bonds. The second kappa shape index (κ2) is 9.47. The molecule has 0 saturated carbocycles. The van der Waals surface area contributed by atoms with Crippen LogP contribution in [0, 0.1) is 0 Å². The van der Waals surface area contributed by atoms with Gasteiger partial charge in [-0.05, 0) is 49.7 Å². The minimum absolute atomic E-state index is 0.0746. The lowest BCUT2D eigenvalue weighted by molar-refractivity contribution is -0.124. The Balaban J connectivity index is 1.83. The number of carbonyl (C=O) groups is 2. The van der Waals surface area contributed by atoms with E-state index in [1.54, 1.807) is 24.3 Å². The van der Waals surface area contributed by atoms with Crippen LogP contribution in [0.15, 0.2) is 54.6 Å². The third-order valence-electron chi connectivity index (χ3n) is 3.53. The highest BCUT2D eigenvalue weighted by atomic mass is 16.5. The van der Waals surface area contributed by atoms with Gasteiger partial charge in [0.15, 0.2) is 6.61 Å². The van der Waals surface area contributed by atoms with Crippen molar-refractivity contribution < 1.29 is 19.1 Å². The summed E-state index contributed by atoms with van der Waals surface area (Å²) in [5, 5.41) is 2.79. The van der Waals surface area contributed by atoms with Crippen molar-refractivity contribution in [2.45, 2.75) is 32.7 Å². The number of esters is 1. The Morgan fingerprint density at radius 3 is 2.28 bits per heavy atom. The number of nitrogens with one attached hydrogen (secondary N) is 1. The molecule has 2 rings (SSSR count). The van der Waals surface area contributed by atoms with Gasteiger partial charge in [0.05, 0.1) is 5.56 Å². The van der Waals surface area contributed by atoms with Gasteiger partial charge in [-0.1, -0.05) is 31.5 Å². The van der Waals surface area contributed by atoms with Gasteiger partial charge in [-0.3, -0.25) is 4.79 Å². The van der Waals surface area contributed by atoms with Gasteiger partial charge in [0.2, 0.25) is 0 Å². The molecular weight excluding hydrogens is 318 g/mol. The standard InChI is InChI=1S/C20H23NO4/c1-3-7-15(2)21-19(22)14-24-20(23)16-10-12-18(13-11-16)25-17-8-5-4-6-9-17/h4-6,8-13,15H,3,7,14H2,1-2H3,(H,21,22)/t15-/m0/s1. The van der Waals surface area contributed by atoms with E-state index < -0.39 is 5.97 Å². The summed E-state index contributed by atoms with van der Waals surface area (Å²) in [4.78, 5) is 23.7. The Labute approximate surface area is 148 Å². The molecule has 1 N–H and O–H groups in total. The summed E-state index contributed by atoms with van der Waals surface area (Å²) in [7, 11) is 0. The molecule has 132 valence electrons. The van der Waals surface area contributed by atoms with Crippen molar-refractivity contribution in [3.8, 4) is 11.5 Å². The van der Waals surface area contributed by atoms with Gasteiger partial charge in [0, 0.05) is 6.04 Å². The number of benzene rings is 2. The summed E-state index contributed by atoms with van der Waals surface area (Å²) in [6.45, 7) is 3.69. The van der Waals surface area contributed by atoms with Crippen LogP contribution in [0.4, 0.5) is 0 Å². The summed E-state index contributed by atoms with van der Waals surface area (Å²) in [6.07, 6.45) is 1.88. The van der Waals surface area contributed by atoms with E-state index in [4.69, 9.17) is 9.47 Å². The van der Waals surface area contributed by atoms with Gasteiger partial charge >= 0.3 is 5.97 Å². The second-order valence-corrected chi connectivity index (χ2v) is 5.77. The Bertz CT molecular complexity index is 683. The van der Waals surface area contributed by atoms with Crippen LogP contribution in [0.2, 0.25) is 0 Å². The van der Waals surface area contributed by atoms with E-state index in [1.807, 2.05) is 44.2 Å². The molecule has 5 heteroatoms. The zero-order valence-electron chi connectivity index (χ0n) is 14.5. The van der Waals surface area contributed by atoms with Crippen molar-refractivity contribution in [3.63, 3.8) is 0 Å². The van der Waals surface area contributed by atoms with Gasteiger partial charge in [-0.2, -0.15) is 0 Å². The zero-order valence-corrected chi connectivity index (χ0v) is 14.5. The summed E-state index contributed by atoms with van der Waals surface area (Å²) in [6, 6.07) is 16.0. The molecule has 25 heavy (non-hydrogen) atoms. The Hall–Kier alpha value is -2.82. The van der Waals surface area contributed by atoms with Crippen molar-refractivity contribution in [3.05, 3.63) is 60.2 Å². The van der Waals surface area contributed by atoms with E-state index in [9.17, 15) is 9.59 Å². The molecule has 0 aromatic heterocycles. The molecule has 0 heterocycles. The lowest BCUT2D eigenvalue weighted by Crippen LogP contribution is -2.35. The smallest absolute Gasteiger partial charge is 0.338 e. The third-order valence-corrected chi connectivity index (χ3v) is 3.53. The summed E-state index contributed by atoms with van der Waals surface area (Å²) in [5.41, 5.74) is 0.370. The first-order valence-corrected chi connectivity index (χ1v) is 8.38. The third kappa shape index (κ3) is 6.30. The molecular formula is C20H23NO4. The highest BCUT2D eigenvalue weighted by molar-refractivity contribution is 5.91. The van der Waals surface area contributed by atoms with E-state index in [1.165, 1.54) is 0 Å². The lowest BCUT2D eigenvalue weighted by Gasteiger charge is -2.12. The fourth-order valence-electron chi connectivity index (χ4n) is 2.32. The molecule has 2 aromatic rings. The SMILES string of the molecule is CCC[C@H](C)NC(=O)COC(=O)c1ccc(Oc2ccccc2)cc1. The molecule has 0 aliphatic heterocycles. The highest BCUT2D eigenvalue weighted by Crippen LogP contribution is 2.21. The zero-order chi connectivity index (χ0) is 18.1. The molecule has 0 unspecified atom stereocenters. The average Bonchev–Trinajstić information content (AvgIpc) is 2.61. The number of para-hydroxylation sites is 1. The quantitative estimate of drug-likeness (QED) is 0.739. The summed E-state index contributed by atoms with van der Waals surface area (Å²) >= 11 is 0. The lowest BCUT2D eigenvalue weighted by atomic mass is 10.2. The maximum absolute atomic E-state index is 12.0. The highest BCUT2D eigenvalue weighted by Gasteiger charge is 2.12. The monoisotopic (exact) mass is 341 g/mol. The first-order chi connectivity index (χ1) is 12.1. The first-order valence-electron chi connectivity index (χ1n) is 8.38. The van der Waals surface area contributed by atoms with E-state index in [0.29, 0.717) is 11.3 Å². The maximum atomic E-state index is 12.0. The van der Waals surface area contributed by atoms with Gasteiger partial charge < -0.3 is 14.8 Å². The van der Waals surface area contributed by atoms with Crippen molar-refractivity contribution in [1.29, 1.82) is 0 Å². The molecule has 0 saturated heterocycles. The van der Waals surface area contributed by atoms with Gasteiger partial charge in [-0.25, -0.2) is 4.79 Å². The number of rotatable bonds is 8. The molecule has 0 aliphatic carbocycles. The minimum atomic E-state index is -0.537. The molecule has 0 fully saturated rings. The fourth-order valence-corrected chi connectivity index (χ4v) is 2.32. The predicted octanol–water partition coefficient (Wildman–Crippen LogP) is 3.94. The molecule has 0 radical (unpaired) electrons. The van der Waals surface area contributed by atoms with Crippen molar-refractivity contribution in [1.82, 2.24) is 5.32 Å². The summed E-state index contributed by atoms with van der Waals surface area (Å²) in [5.74, 6) is 0.507. The van der Waals surface area contributed by atoms with Gasteiger partial charge in [0.25, 0.3) is 5.91 Å². The van der Waals surface area contributed by atoms with E-state index in [2.05, 4.69) is 5.32 Å². The normalized spacial score (nSPS) is 11.4. The van der Waals surface area contributed by atoms with E-state index in [0.717, 1.165) is 18.6 Å². The number of hydrogen-bond donors (Lipinski definition) is 1. The van der Waals surface area contributed by atoms with Crippen LogP contribution in [0.25, 0.3) is 0 Å². The largest absolute Gasteiger partial charge is 0.457 e. The number of amides is 1. The van der Waals surface area contributed by atoms with Crippen LogP contribution in [0.3, 0.4) is 0 Å². The fraction of sp³-hybridized carbons (Fsp3) is 0.300. The molecule has 0 aliphatic rings. The molecule has 1 atom stereocenters.